The molecule has 3 aromatic heterocycles. The molecule has 0 spiro atoms. The first-order valence-corrected chi connectivity index (χ1v) is 10.3. The minimum atomic E-state index is -0.814. The average Bonchev–Trinajstić information content (AvgIpc) is 3.21. The van der Waals surface area contributed by atoms with Crippen molar-refractivity contribution in [2.75, 3.05) is 14.2 Å². The van der Waals surface area contributed by atoms with Gasteiger partial charge in [-0.25, -0.2) is 14.6 Å². The molecule has 9 nitrogen and oxygen atoms in total. The smallest absolute Gasteiger partial charge is 0.280 e. The summed E-state index contributed by atoms with van der Waals surface area (Å²) >= 11 is 0. The lowest BCUT2D eigenvalue weighted by molar-refractivity contribution is 0.0476. The Morgan fingerprint density at radius 1 is 1.19 bits per heavy atom. The molecule has 1 aliphatic carbocycles. The van der Waals surface area contributed by atoms with Crippen LogP contribution in [0.3, 0.4) is 0 Å². The number of methoxy groups -OCH3 is 2. The molecule has 1 atom stereocenters. The monoisotopic (exact) mass is 425 g/mol. The van der Waals surface area contributed by atoms with E-state index in [4.69, 9.17) is 9.47 Å². The van der Waals surface area contributed by atoms with Crippen LogP contribution in [0.15, 0.2) is 47.7 Å². The zero-order valence-electron chi connectivity index (χ0n) is 17.6. The van der Waals surface area contributed by atoms with Crippen LogP contribution in [0.25, 0.3) is 16.9 Å². The molecular weight excluding hydrogens is 398 g/mol. The summed E-state index contributed by atoms with van der Waals surface area (Å²) in [7, 11) is 3.27. The largest absolute Gasteiger partial charge is 0.481 e. The van der Waals surface area contributed by atoms with E-state index in [0.29, 0.717) is 34.5 Å². The standard InChI is InChI=1S/C22H27N5O4/c1-30-17-6-4-16(5-7-17)26-21(28)15-3-8-19(24-12-15)27-22(29)18(13-25-27)14-9-10-23-20(11-14)31-2/h3,8-13,16-17,21,25-26,28H,4-7H2,1-2H3. The van der Waals surface area contributed by atoms with E-state index in [0.717, 1.165) is 25.7 Å². The van der Waals surface area contributed by atoms with E-state index < -0.39 is 6.23 Å². The summed E-state index contributed by atoms with van der Waals surface area (Å²) in [5, 5.41) is 16.7. The average molecular weight is 425 g/mol. The van der Waals surface area contributed by atoms with Gasteiger partial charge >= 0.3 is 0 Å². The molecule has 164 valence electrons. The fraction of sp³-hybridized carbons (Fsp3) is 0.409. The number of aromatic amines is 1. The number of aromatic nitrogens is 4. The fourth-order valence-electron chi connectivity index (χ4n) is 3.91. The van der Waals surface area contributed by atoms with Crippen molar-refractivity contribution in [1.29, 1.82) is 0 Å². The second kappa shape index (κ2) is 9.42. The van der Waals surface area contributed by atoms with Crippen molar-refractivity contribution < 1.29 is 14.6 Å². The molecule has 4 rings (SSSR count). The van der Waals surface area contributed by atoms with Gasteiger partial charge in [0.05, 0.1) is 18.8 Å². The quantitative estimate of drug-likeness (QED) is 0.497. The fourth-order valence-corrected chi connectivity index (χ4v) is 3.91. The van der Waals surface area contributed by atoms with Crippen molar-refractivity contribution in [1.82, 2.24) is 25.1 Å². The third-order valence-corrected chi connectivity index (χ3v) is 5.74. The maximum atomic E-state index is 12.9. The first-order chi connectivity index (χ1) is 15.1. The number of hydrogen-bond donors (Lipinski definition) is 3. The van der Waals surface area contributed by atoms with Crippen LogP contribution in [-0.4, -0.2) is 51.2 Å². The Hall–Kier alpha value is -3.01. The third-order valence-electron chi connectivity index (χ3n) is 5.74. The maximum Gasteiger partial charge on any atom is 0.280 e. The Bertz CT molecular complexity index is 1050. The molecular formula is C22H27N5O4. The van der Waals surface area contributed by atoms with Crippen molar-refractivity contribution in [3.63, 3.8) is 0 Å². The highest BCUT2D eigenvalue weighted by molar-refractivity contribution is 5.62. The molecule has 3 heterocycles. The zero-order chi connectivity index (χ0) is 21.8. The molecule has 3 aromatic rings. The van der Waals surface area contributed by atoms with Gasteiger partial charge in [-0.3, -0.25) is 15.2 Å². The third kappa shape index (κ3) is 4.68. The van der Waals surface area contributed by atoms with Gasteiger partial charge in [0.25, 0.3) is 5.56 Å². The predicted molar refractivity (Wildman–Crippen MR) is 115 cm³/mol. The lowest BCUT2D eigenvalue weighted by Gasteiger charge is -2.30. The van der Waals surface area contributed by atoms with E-state index in [1.165, 1.54) is 11.8 Å². The van der Waals surface area contributed by atoms with Gasteiger partial charge in [0, 0.05) is 43.4 Å². The van der Waals surface area contributed by atoms with Gasteiger partial charge < -0.3 is 14.6 Å². The molecule has 0 aromatic carbocycles. The number of nitrogens with one attached hydrogen (secondary N) is 2. The number of nitrogens with zero attached hydrogens (tertiary/aromatic N) is 3. The van der Waals surface area contributed by atoms with E-state index >= 15 is 0 Å². The summed E-state index contributed by atoms with van der Waals surface area (Å²) in [6, 6.07) is 7.16. The van der Waals surface area contributed by atoms with E-state index in [1.807, 2.05) is 0 Å². The van der Waals surface area contributed by atoms with Gasteiger partial charge in [-0.05, 0) is 49.4 Å². The highest BCUT2D eigenvalue weighted by Crippen LogP contribution is 2.23. The van der Waals surface area contributed by atoms with E-state index in [2.05, 4.69) is 20.4 Å². The Labute approximate surface area is 180 Å². The lowest BCUT2D eigenvalue weighted by Crippen LogP contribution is -2.37. The molecule has 31 heavy (non-hydrogen) atoms. The molecule has 1 unspecified atom stereocenters. The number of rotatable bonds is 7. The summed E-state index contributed by atoms with van der Waals surface area (Å²) in [6.07, 6.45) is 8.19. The van der Waals surface area contributed by atoms with Crippen molar-refractivity contribution >= 4 is 0 Å². The highest BCUT2D eigenvalue weighted by Gasteiger charge is 2.23. The van der Waals surface area contributed by atoms with Gasteiger partial charge in [0.2, 0.25) is 5.88 Å². The summed E-state index contributed by atoms with van der Waals surface area (Å²) in [6.45, 7) is 0. The van der Waals surface area contributed by atoms with E-state index in [9.17, 15) is 9.90 Å². The SMILES string of the molecule is COc1cc(-c2c[nH]n(-c3ccc(C(O)NC4CCC(OC)CC4)cn3)c2=O)ccn1. The van der Waals surface area contributed by atoms with Crippen molar-refractivity contribution in [2.45, 2.75) is 44.1 Å². The summed E-state index contributed by atoms with van der Waals surface area (Å²) in [5.74, 6) is 0.873. The molecule has 0 bridgehead atoms. The van der Waals surface area contributed by atoms with Gasteiger partial charge in [-0.1, -0.05) is 0 Å². The summed E-state index contributed by atoms with van der Waals surface area (Å²) in [5.41, 5.74) is 1.60. The Morgan fingerprint density at radius 3 is 2.68 bits per heavy atom. The number of hydrogen-bond acceptors (Lipinski definition) is 7. The molecule has 1 aliphatic rings. The van der Waals surface area contributed by atoms with Gasteiger partial charge in [-0.15, -0.1) is 0 Å². The minimum Gasteiger partial charge on any atom is -0.481 e. The normalized spacial score (nSPS) is 19.8. The molecule has 9 heteroatoms. The summed E-state index contributed by atoms with van der Waals surface area (Å²) in [4.78, 5) is 21.3. The molecule has 0 amide bonds. The maximum absolute atomic E-state index is 12.9. The van der Waals surface area contributed by atoms with Crippen LogP contribution in [0.4, 0.5) is 0 Å². The predicted octanol–water partition coefficient (Wildman–Crippen LogP) is 2.17. The van der Waals surface area contributed by atoms with Crippen LogP contribution in [0.5, 0.6) is 5.88 Å². The molecule has 3 N–H and O–H groups in total. The zero-order valence-corrected chi connectivity index (χ0v) is 17.6. The van der Waals surface area contributed by atoms with Crippen LogP contribution in [-0.2, 0) is 4.74 Å². The van der Waals surface area contributed by atoms with Crippen LogP contribution < -0.4 is 15.6 Å². The molecule has 0 aliphatic heterocycles. The highest BCUT2D eigenvalue weighted by atomic mass is 16.5. The van der Waals surface area contributed by atoms with Crippen LogP contribution in [0.1, 0.15) is 37.5 Å². The second-order valence-electron chi connectivity index (χ2n) is 7.64. The van der Waals surface area contributed by atoms with E-state index in [1.54, 1.807) is 50.0 Å². The number of pyridine rings is 2. The molecule has 0 saturated heterocycles. The van der Waals surface area contributed by atoms with Crippen LogP contribution in [0.2, 0.25) is 0 Å². The van der Waals surface area contributed by atoms with Crippen LogP contribution >= 0.6 is 0 Å². The van der Waals surface area contributed by atoms with Gasteiger partial charge in [0.1, 0.15) is 6.23 Å². The number of aliphatic hydroxyl groups is 1. The van der Waals surface area contributed by atoms with Crippen molar-refractivity contribution in [3.8, 4) is 22.8 Å². The number of H-pyrrole nitrogens is 1. The first kappa shape index (κ1) is 21.2. The van der Waals surface area contributed by atoms with Gasteiger partial charge in [0.15, 0.2) is 5.82 Å². The topological polar surface area (TPSA) is 114 Å². The van der Waals surface area contributed by atoms with E-state index in [-0.39, 0.29) is 11.6 Å². The molecule has 1 saturated carbocycles. The van der Waals surface area contributed by atoms with Gasteiger partial charge in [-0.2, -0.15) is 0 Å². The van der Waals surface area contributed by atoms with Crippen molar-refractivity contribution in [2.24, 2.45) is 0 Å². The molecule has 0 radical (unpaired) electrons. The Kier molecular flexibility index (Phi) is 6.45. The Balaban J connectivity index is 1.46. The number of aliphatic hydroxyl groups excluding tert-OH is 1. The number of ether oxygens (including phenoxy) is 2. The second-order valence-corrected chi connectivity index (χ2v) is 7.64. The molecule has 1 fully saturated rings. The first-order valence-electron chi connectivity index (χ1n) is 10.3. The lowest BCUT2D eigenvalue weighted by atomic mass is 9.92. The van der Waals surface area contributed by atoms with Crippen LogP contribution in [0, 0.1) is 0 Å². The summed E-state index contributed by atoms with van der Waals surface area (Å²) < 4.78 is 11.9. The Morgan fingerprint density at radius 2 is 2.00 bits per heavy atom. The minimum absolute atomic E-state index is 0.234. The van der Waals surface area contributed by atoms with Crippen molar-refractivity contribution in [3.05, 3.63) is 58.8 Å².